The first-order chi connectivity index (χ1) is 10.0. The second kappa shape index (κ2) is 5.58. The van der Waals surface area contributed by atoms with E-state index in [2.05, 4.69) is 0 Å². The molecule has 1 aliphatic carbocycles. The molecule has 0 atom stereocenters. The summed E-state index contributed by atoms with van der Waals surface area (Å²) in [6.45, 7) is -1.25. The number of alkyl halides is 3. The molecule has 1 aliphatic rings. The van der Waals surface area contributed by atoms with E-state index in [0.29, 0.717) is 11.7 Å². The van der Waals surface area contributed by atoms with Gasteiger partial charge in [-0.05, 0) is 35.8 Å². The SMILES string of the molecule is FC(F)(F)COc1ccc(C2CCCC2)c2ccccc12. The Kier molecular flexibility index (Phi) is 3.79. The molecule has 0 saturated heterocycles. The van der Waals surface area contributed by atoms with Gasteiger partial charge in [0.1, 0.15) is 5.75 Å². The largest absolute Gasteiger partial charge is 0.483 e. The molecule has 0 heterocycles. The normalized spacial score (nSPS) is 16.5. The Morgan fingerprint density at radius 2 is 1.62 bits per heavy atom. The van der Waals surface area contributed by atoms with Crippen molar-refractivity contribution in [3.05, 3.63) is 42.0 Å². The van der Waals surface area contributed by atoms with Gasteiger partial charge in [0.2, 0.25) is 0 Å². The van der Waals surface area contributed by atoms with E-state index >= 15 is 0 Å². The third-order valence-electron chi connectivity index (χ3n) is 4.10. The second-order valence-electron chi connectivity index (χ2n) is 5.58. The maximum absolute atomic E-state index is 12.3. The summed E-state index contributed by atoms with van der Waals surface area (Å²) in [6.07, 6.45) is 0.460. The van der Waals surface area contributed by atoms with Crippen LogP contribution in [0.2, 0.25) is 0 Å². The van der Waals surface area contributed by atoms with Gasteiger partial charge < -0.3 is 4.74 Å². The van der Waals surface area contributed by atoms with Gasteiger partial charge in [0, 0.05) is 5.39 Å². The molecule has 1 fully saturated rings. The minimum Gasteiger partial charge on any atom is -0.483 e. The predicted octanol–water partition coefficient (Wildman–Crippen LogP) is 5.44. The van der Waals surface area contributed by atoms with E-state index in [4.69, 9.17) is 4.74 Å². The van der Waals surface area contributed by atoms with Crippen molar-refractivity contribution in [2.24, 2.45) is 0 Å². The minimum atomic E-state index is -4.31. The summed E-state index contributed by atoms with van der Waals surface area (Å²) < 4.78 is 42.0. The monoisotopic (exact) mass is 294 g/mol. The van der Waals surface area contributed by atoms with E-state index in [1.165, 1.54) is 18.4 Å². The second-order valence-corrected chi connectivity index (χ2v) is 5.58. The van der Waals surface area contributed by atoms with Crippen molar-refractivity contribution in [2.45, 2.75) is 37.8 Å². The van der Waals surface area contributed by atoms with E-state index in [1.807, 2.05) is 30.3 Å². The number of halogens is 3. The van der Waals surface area contributed by atoms with E-state index in [9.17, 15) is 13.2 Å². The van der Waals surface area contributed by atoms with Crippen molar-refractivity contribution < 1.29 is 17.9 Å². The lowest BCUT2D eigenvalue weighted by molar-refractivity contribution is -0.153. The van der Waals surface area contributed by atoms with Crippen LogP contribution in [0.25, 0.3) is 10.8 Å². The van der Waals surface area contributed by atoms with Crippen LogP contribution in [0, 0.1) is 0 Å². The highest BCUT2D eigenvalue weighted by molar-refractivity contribution is 5.91. The first-order valence-corrected chi connectivity index (χ1v) is 7.26. The molecule has 2 aromatic carbocycles. The summed E-state index contributed by atoms with van der Waals surface area (Å²) in [7, 11) is 0. The number of ether oxygens (including phenoxy) is 1. The maximum Gasteiger partial charge on any atom is 0.422 e. The van der Waals surface area contributed by atoms with Crippen molar-refractivity contribution in [2.75, 3.05) is 6.61 Å². The summed E-state index contributed by atoms with van der Waals surface area (Å²) in [5, 5.41) is 1.79. The van der Waals surface area contributed by atoms with Gasteiger partial charge in [-0.25, -0.2) is 0 Å². The predicted molar refractivity (Wildman–Crippen MR) is 76.7 cm³/mol. The summed E-state index contributed by atoms with van der Waals surface area (Å²) in [4.78, 5) is 0. The van der Waals surface area contributed by atoms with Crippen molar-refractivity contribution in [3.63, 3.8) is 0 Å². The summed E-state index contributed by atoms with van der Waals surface area (Å²) in [5.41, 5.74) is 1.24. The average molecular weight is 294 g/mol. The summed E-state index contributed by atoms with van der Waals surface area (Å²) in [6, 6.07) is 11.2. The molecule has 0 amide bonds. The van der Waals surface area contributed by atoms with Gasteiger partial charge in [-0.2, -0.15) is 13.2 Å². The number of rotatable bonds is 3. The van der Waals surface area contributed by atoms with Crippen molar-refractivity contribution in [1.82, 2.24) is 0 Å². The van der Waals surface area contributed by atoms with Crippen LogP contribution in [0.4, 0.5) is 13.2 Å². The maximum atomic E-state index is 12.3. The zero-order valence-electron chi connectivity index (χ0n) is 11.6. The van der Waals surface area contributed by atoms with Gasteiger partial charge >= 0.3 is 6.18 Å². The van der Waals surface area contributed by atoms with Gasteiger partial charge in [0.05, 0.1) is 0 Å². The lowest BCUT2D eigenvalue weighted by Gasteiger charge is -2.17. The topological polar surface area (TPSA) is 9.23 Å². The standard InChI is InChI=1S/C17H17F3O/c18-17(19,20)11-21-16-10-9-13(12-5-1-2-6-12)14-7-3-4-8-15(14)16/h3-4,7-10,12H,1-2,5-6,11H2. The highest BCUT2D eigenvalue weighted by atomic mass is 19.4. The molecule has 21 heavy (non-hydrogen) atoms. The molecule has 112 valence electrons. The number of hydrogen-bond acceptors (Lipinski definition) is 1. The Hall–Kier alpha value is -1.71. The molecule has 0 bridgehead atoms. The van der Waals surface area contributed by atoms with Crippen LogP contribution in [-0.4, -0.2) is 12.8 Å². The van der Waals surface area contributed by atoms with Crippen LogP contribution in [0.3, 0.4) is 0 Å². The minimum absolute atomic E-state index is 0.310. The zero-order chi connectivity index (χ0) is 14.9. The molecule has 0 spiro atoms. The fourth-order valence-electron chi connectivity index (χ4n) is 3.17. The Bertz CT molecular complexity index is 627. The van der Waals surface area contributed by atoms with Crippen LogP contribution in [0.5, 0.6) is 5.75 Å². The molecule has 0 N–H and O–H groups in total. The van der Waals surface area contributed by atoms with Gasteiger partial charge in [-0.3, -0.25) is 0 Å². The first-order valence-electron chi connectivity index (χ1n) is 7.26. The van der Waals surface area contributed by atoms with Crippen LogP contribution in [0.15, 0.2) is 36.4 Å². The van der Waals surface area contributed by atoms with Gasteiger partial charge in [0.25, 0.3) is 0 Å². The van der Waals surface area contributed by atoms with Gasteiger partial charge in [0.15, 0.2) is 6.61 Å². The Labute approximate surface area is 121 Å². The van der Waals surface area contributed by atoms with Crippen LogP contribution >= 0.6 is 0 Å². The van der Waals surface area contributed by atoms with E-state index in [-0.39, 0.29) is 0 Å². The molecular formula is C17H17F3O. The van der Waals surface area contributed by atoms with Crippen LogP contribution in [-0.2, 0) is 0 Å². The van der Waals surface area contributed by atoms with Crippen molar-refractivity contribution >= 4 is 10.8 Å². The molecule has 0 radical (unpaired) electrons. The smallest absolute Gasteiger partial charge is 0.422 e. The molecule has 0 aromatic heterocycles. The number of fused-ring (bicyclic) bond motifs is 1. The molecular weight excluding hydrogens is 277 g/mol. The molecule has 0 aliphatic heterocycles. The van der Waals surface area contributed by atoms with E-state index in [1.54, 1.807) is 6.07 Å². The zero-order valence-corrected chi connectivity index (χ0v) is 11.6. The fraction of sp³-hybridized carbons (Fsp3) is 0.412. The highest BCUT2D eigenvalue weighted by Crippen LogP contribution is 2.40. The molecule has 0 unspecified atom stereocenters. The quantitative estimate of drug-likeness (QED) is 0.732. The Balaban J connectivity index is 1.98. The first kappa shape index (κ1) is 14.2. The average Bonchev–Trinajstić information content (AvgIpc) is 2.97. The Morgan fingerprint density at radius 3 is 2.29 bits per heavy atom. The van der Waals surface area contributed by atoms with E-state index in [0.717, 1.165) is 23.6 Å². The van der Waals surface area contributed by atoms with Gasteiger partial charge in [-0.15, -0.1) is 0 Å². The number of benzene rings is 2. The third-order valence-corrected chi connectivity index (χ3v) is 4.10. The molecule has 2 aromatic rings. The van der Waals surface area contributed by atoms with Crippen LogP contribution < -0.4 is 4.74 Å². The molecule has 1 nitrogen and oxygen atoms in total. The lowest BCUT2D eigenvalue weighted by Crippen LogP contribution is -2.19. The van der Waals surface area contributed by atoms with E-state index < -0.39 is 12.8 Å². The molecule has 1 saturated carbocycles. The Morgan fingerprint density at radius 1 is 0.952 bits per heavy atom. The van der Waals surface area contributed by atoms with Crippen LogP contribution in [0.1, 0.15) is 37.2 Å². The summed E-state index contributed by atoms with van der Waals surface area (Å²) >= 11 is 0. The van der Waals surface area contributed by atoms with Crippen molar-refractivity contribution in [3.8, 4) is 5.75 Å². The van der Waals surface area contributed by atoms with Gasteiger partial charge in [-0.1, -0.05) is 43.2 Å². The number of hydrogen-bond donors (Lipinski definition) is 0. The fourth-order valence-corrected chi connectivity index (χ4v) is 3.17. The third kappa shape index (κ3) is 3.14. The highest BCUT2D eigenvalue weighted by Gasteiger charge is 2.29. The molecule has 4 heteroatoms. The molecule has 3 rings (SSSR count). The summed E-state index contributed by atoms with van der Waals surface area (Å²) in [5.74, 6) is 0.830. The van der Waals surface area contributed by atoms with Crippen molar-refractivity contribution in [1.29, 1.82) is 0 Å². The lowest BCUT2D eigenvalue weighted by atomic mass is 9.92.